The van der Waals surface area contributed by atoms with Gasteiger partial charge in [-0.2, -0.15) is 0 Å². The van der Waals surface area contributed by atoms with Crippen LogP contribution >= 0.6 is 0 Å². The lowest BCUT2D eigenvalue weighted by atomic mass is 10.1. The van der Waals surface area contributed by atoms with Crippen LogP contribution in [0.15, 0.2) is 48.5 Å². The second-order valence-electron chi connectivity index (χ2n) is 7.59. The normalized spacial score (nSPS) is 13.7. The van der Waals surface area contributed by atoms with Crippen LogP contribution in [0.3, 0.4) is 0 Å². The second kappa shape index (κ2) is 10.0. The summed E-state index contributed by atoms with van der Waals surface area (Å²) in [6.07, 6.45) is 2.32. The highest BCUT2D eigenvalue weighted by atomic mass is 16.5. The van der Waals surface area contributed by atoms with E-state index in [0.29, 0.717) is 6.42 Å². The van der Waals surface area contributed by atoms with Crippen molar-refractivity contribution in [2.24, 2.45) is 0 Å². The van der Waals surface area contributed by atoms with Crippen LogP contribution < -0.4 is 5.32 Å². The number of benzene rings is 2. The minimum Gasteiger partial charge on any atom is -0.452 e. The van der Waals surface area contributed by atoms with Crippen molar-refractivity contribution in [1.29, 1.82) is 0 Å². The van der Waals surface area contributed by atoms with Crippen molar-refractivity contribution >= 4 is 23.7 Å². The summed E-state index contributed by atoms with van der Waals surface area (Å²) in [6, 6.07) is 13.8. The Balaban J connectivity index is 1.61. The molecule has 7 nitrogen and oxygen atoms in total. The van der Waals surface area contributed by atoms with Gasteiger partial charge in [-0.05, 0) is 43.5 Å². The number of carbonyl (C=O) groups is 4. The summed E-state index contributed by atoms with van der Waals surface area (Å²) in [6.45, 7) is 3.76. The van der Waals surface area contributed by atoms with E-state index in [1.54, 1.807) is 0 Å². The molecule has 31 heavy (non-hydrogen) atoms. The number of fused-ring (bicyclic) bond motifs is 1. The predicted molar refractivity (Wildman–Crippen MR) is 115 cm³/mol. The molecule has 3 amide bonds. The van der Waals surface area contributed by atoms with E-state index in [2.05, 4.69) is 5.32 Å². The quantitative estimate of drug-likeness (QED) is 0.495. The van der Waals surface area contributed by atoms with Gasteiger partial charge in [-0.25, -0.2) is 4.79 Å². The summed E-state index contributed by atoms with van der Waals surface area (Å²) < 4.78 is 5.06. The van der Waals surface area contributed by atoms with Crippen LogP contribution in [0.1, 0.15) is 63.3 Å². The summed E-state index contributed by atoms with van der Waals surface area (Å²) in [5.41, 5.74) is 1.59. The number of rotatable bonds is 9. The minimum absolute atomic E-state index is 0.00157. The molecule has 0 fully saturated rings. The molecular formula is C24H26N2O5. The van der Waals surface area contributed by atoms with Gasteiger partial charge in [-0.1, -0.05) is 43.7 Å². The Kier molecular flexibility index (Phi) is 7.18. The number of esters is 1. The SMILES string of the molecule is CCC[C@@H](C)NC(=O)COC(=O)c1ccc2c(c1)C(=O)N(CCc1ccccc1)C2=O. The molecule has 0 unspecified atom stereocenters. The molecule has 0 saturated heterocycles. The molecule has 2 aromatic carbocycles. The smallest absolute Gasteiger partial charge is 0.338 e. The van der Waals surface area contributed by atoms with Gasteiger partial charge in [0, 0.05) is 12.6 Å². The molecule has 0 saturated carbocycles. The first-order valence-electron chi connectivity index (χ1n) is 10.4. The molecule has 3 rings (SSSR count). The van der Waals surface area contributed by atoms with Crippen LogP contribution in [0, 0.1) is 0 Å². The molecule has 1 N–H and O–H groups in total. The van der Waals surface area contributed by atoms with Crippen molar-refractivity contribution < 1.29 is 23.9 Å². The molecule has 0 radical (unpaired) electrons. The monoisotopic (exact) mass is 422 g/mol. The van der Waals surface area contributed by atoms with E-state index in [-0.39, 0.29) is 41.1 Å². The summed E-state index contributed by atoms with van der Waals surface area (Å²) >= 11 is 0. The average Bonchev–Trinajstić information content (AvgIpc) is 3.00. The molecular weight excluding hydrogens is 396 g/mol. The fourth-order valence-electron chi connectivity index (χ4n) is 3.54. The summed E-state index contributed by atoms with van der Waals surface area (Å²) in [5.74, 6) is -1.91. The minimum atomic E-state index is -0.718. The van der Waals surface area contributed by atoms with Crippen LogP contribution in [0.5, 0.6) is 0 Å². The van der Waals surface area contributed by atoms with Crippen LogP contribution in [0.2, 0.25) is 0 Å². The molecule has 0 bridgehead atoms. The summed E-state index contributed by atoms with van der Waals surface area (Å²) in [4.78, 5) is 50.8. The largest absolute Gasteiger partial charge is 0.452 e. The molecule has 0 aliphatic carbocycles. The Hall–Kier alpha value is -3.48. The Morgan fingerprint density at radius 2 is 1.74 bits per heavy atom. The molecule has 0 aromatic heterocycles. The Bertz CT molecular complexity index is 987. The van der Waals surface area contributed by atoms with Crippen LogP contribution in [0.4, 0.5) is 0 Å². The van der Waals surface area contributed by atoms with Crippen molar-refractivity contribution in [3.63, 3.8) is 0 Å². The van der Waals surface area contributed by atoms with Gasteiger partial charge in [0.2, 0.25) is 0 Å². The highest BCUT2D eigenvalue weighted by Crippen LogP contribution is 2.24. The van der Waals surface area contributed by atoms with E-state index in [9.17, 15) is 19.2 Å². The maximum atomic E-state index is 12.7. The maximum Gasteiger partial charge on any atom is 0.338 e. The van der Waals surface area contributed by atoms with Crippen LogP contribution in [-0.2, 0) is 16.0 Å². The van der Waals surface area contributed by atoms with E-state index in [1.807, 2.05) is 44.2 Å². The molecule has 1 heterocycles. The van der Waals surface area contributed by atoms with Crippen molar-refractivity contribution in [2.45, 2.75) is 39.2 Å². The van der Waals surface area contributed by atoms with Gasteiger partial charge in [-0.3, -0.25) is 19.3 Å². The van der Waals surface area contributed by atoms with Crippen molar-refractivity contribution in [1.82, 2.24) is 10.2 Å². The van der Waals surface area contributed by atoms with E-state index in [4.69, 9.17) is 4.74 Å². The Morgan fingerprint density at radius 1 is 1.03 bits per heavy atom. The number of imide groups is 1. The van der Waals surface area contributed by atoms with Gasteiger partial charge in [0.25, 0.3) is 17.7 Å². The lowest BCUT2D eigenvalue weighted by molar-refractivity contribution is -0.124. The number of nitrogens with one attached hydrogen (secondary N) is 1. The van der Waals surface area contributed by atoms with Crippen molar-refractivity contribution in [2.75, 3.05) is 13.2 Å². The number of hydrogen-bond donors (Lipinski definition) is 1. The first-order chi connectivity index (χ1) is 14.9. The van der Waals surface area contributed by atoms with Crippen LogP contribution in [-0.4, -0.2) is 47.8 Å². The zero-order chi connectivity index (χ0) is 22.4. The van der Waals surface area contributed by atoms with E-state index in [0.717, 1.165) is 18.4 Å². The van der Waals surface area contributed by atoms with Crippen molar-refractivity contribution in [3.05, 3.63) is 70.8 Å². The fraction of sp³-hybridized carbons (Fsp3) is 0.333. The summed E-state index contributed by atoms with van der Waals surface area (Å²) in [7, 11) is 0. The Morgan fingerprint density at radius 3 is 2.45 bits per heavy atom. The van der Waals surface area contributed by atoms with Crippen LogP contribution in [0.25, 0.3) is 0 Å². The summed E-state index contributed by atoms with van der Waals surface area (Å²) in [5, 5.41) is 2.75. The topological polar surface area (TPSA) is 92.8 Å². The Labute approximate surface area is 181 Å². The average molecular weight is 422 g/mol. The van der Waals surface area contributed by atoms with Crippen molar-refractivity contribution in [3.8, 4) is 0 Å². The highest BCUT2D eigenvalue weighted by molar-refractivity contribution is 6.22. The number of nitrogens with zero attached hydrogens (tertiary/aromatic N) is 1. The molecule has 1 atom stereocenters. The second-order valence-corrected chi connectivity index (χ2v) is 7.59. The fourth-order valence-corrected chi connectivity index (χ4v) is 3.54. The first-order valence-corrected chi connectivity index (χ1v) is 10.4. The standard InChI is InChI=1S/C24H26N2O5/c1-3-7-16(2)25-21(27)15-31-24(30)18-10-11-19-20(14-18)23(29)26(22(19)28)13-12-17-8-5-4-6-9-17/h4-6,8-11,14,16H,3,7,12-13,15H2,1-2H3,(H,25,27)/t16-/m1/s1. The van der Waals surface area contributed by atoms with Gasteiger partial charge in [-0.15, -0.1) is 0 Å². The van der Waals surface area contributed by atoms with E-state index >= 15 is 0 Å². The zero-order valence-corrected chi connectivity index (χ0v) is 17.7. The predicted octanol–water partition coefficient (Wildman–Crippen LogP) is 2.99. The van der Waals surface area contributed by atoms with E-state index < -0.39 is 18.5 Å². The molecule has 1 aliphatic rings. The molecule has 162 valence electrons. The van der Waals surface area contributed by atoms with Gasteiger partial charge >= 0.3 is 5.97 Å². The van der Waals surface area contributed by atoms with E-state index in [1.165, 1.54) is 23.1 Å². The molecule has 7 heteroatoms. The first kappa shape index (κ1) is 22.2. The van der Waals surface area contributed by atoms with Gasteiger partial charge in [0.15, 0.2) is 6.61 Å². The molecule has 1 aliphatic heterocycles. The third kappa shape index (κ3) is 5.36. The third-order valence-corrected chi connectivity index (χ3v) is 5.14. The molecule has 2 aromatic rings. The number of hydrogen-bond acceptors (Lipinski definition) is 5. The van der Waals surface area contributed by atoms with Gasteiger partial charge in [0.05, 0.1) is 16.7 Å². The number of amides is 3. The lowest BCUT2D eigenvalue weighted by Gasteiger charge is -2.13. The van der Waals surface area contributed by atoms with Gasteiger partial charge < -0.3 is 10.1 Å². The maximum absolute atomic E-state index is 12.7. The zero-order valence-electron chi connectivity index (χ0n) is 17.7. The highest BCUT2D eigenvalue weighted by Gasteiger charge is 2.35. The lowest BCUT2D eigenvalue weighted by Crippen LogP contribution is -2.35. The molecule has 0 spiro atoms. The number of carbonyl (C=O) groups excluding carboxylic acids is 4. The number of ether oxygens (including phenoxy) is 1. The third-order valence-electron chi connectivity index (χ3n) is 5.14. The van der Waals surface area contributed by atoms with Gasteiger partial charge in [0.1, 0.15) is 0 Å².